The highest BCUT2D eigenvalue weighted by Crippen LogP contribution is 2.44. The summed E-state index contributed by atoms with van der Waals surface area (Å²) in [5.74, 6) is 0.512. The number of amides is 1. The first-order chi connectivity index (χ1) is 25.2. The van der Waals surface area contributed by atoms with Crippen LogP contribution in [-0.4, -0.2) is 98.2 Å². The molecule has 4 aliphatic heterocycles. The Morgan fingerprint density at radius 1 is 1.06 bits per heavy atom. The monoisotopic (exact) mass is 722 g/mol. The average Bonchev–Trinajstić information content (AvgIpc) is 3.82. The molecule has 4 saturated heterocycles. The van der Waals surface area contributed by atoms with Crippen LogP contribution in [0.1, 0.15) is 37.2 Å². The molecule has 0 aliphatic carbocycles. The summed E-state index contributed by atoms with van der Waals surface area (Å²) >= 11 is 6.64. The number of fused-ring (bicyclic) bond motifs is 3. The zero-order chi connectivity index (χ0) is 35.6. The number of carbonyl (C=O) groups excluding carboxylic acids is 1. The number of alkyl halides is 1. The van der Waals surface area contributed by atoms with Gasteiger partial charge in [0, 0.05) is 79.0 Å². The second-order valence-corrected chi connectivity index (χ2v) is 15.2. The number of aryl methyl sites for hydroxylation is 1. The van der Waals surface area contributed by atoms with Gasteiger partial charge in [-0.1, -0.05) is 41.9 Å². The van der Waals surface area contributed by atoms with Crippen LogP contribution in [0.15, 0.2) is 60.9 Å². The third-order valence-electron chi connectivity index (χ3n) is 11.3. The number of pyridine rings is 1. The summed E-state index contributed by atoms with van der Waals surface area (Å²) in [6.07, 6.45) is 8.70. The van der Waals surface area contributed by atoms with Crippen LogP contribution < -0.4 is 9.64 Å². The van der Waals surface area contributed by atoms with Crippen molar-refractivity contribution in [2.45, 2.75) is 44.3 Å². The van der Waals surface area contributed by atoms with Gasteiger partial charge in [0.2, 0.25) is 5.91 Å². The molecule has 5 aromatic rings. The van der Waals surface area contributed by atoms with Crippen LogP contribution in [0.3, 0.4) is 0 Å². The maximum atomic E-state index is 16.9. The molecule has 266 valence electrons. The lowest BCUT2D eigenvalue weighted by molar-refractivity contribution is -0.136. The third-order valence-corrected chi connectivity index (χ3v) is 11.6. The van der Waals surface area contributed by atoms with Gasteiger partial charge in [-0.2, -0.15) is 9.97 Å². The van der Waals surface area contributed by atoms with Crippen molar-refractivity contribution in [3.8, 4) is 17.3 Å². The number of rotatable bonds is 7. The number of carbonyl (C=O) groups is 1. The summed E-state index contributed by atoms with van der Waals surface area (Å²) in [5, 5.41) is 2.55. The maximum Gasteiger partial charge on any atom is 0.319 e. The predicted octanol–water partition coefficient (Wildman–Crippen LogP) is 6.44. The van der Waals surface area contributed by atoms with Crippen molar-refractivity contribution in [3.63, 3.8) is 0 Å². The van der Waals surface area contributed by atoms with Gasteiger partial charge in [-0.3, -0.25) is 14.7 Å². The van der Waals surface area contributed by atoms with Crippen LogP contribution in [0.2, 0.25) is 5.02 Å². The summed E-state index contributed by atoms with van der Waals surface area (Å²) in [6.45, 7) is 5.75. The van der Waals surface area contributed by atoms with Crippen molar-refractivity contribution in [3.05, 3.63) is 83.3 Å². The van der Waals surface area contributed by atoms with Crippen LogP contribution in [-0.2, 0) is 4.79 Å². The molecule has 0 unspecified atom stereocenters. The van der Waals surface area contributed by atoms with Gasteiger partial charge in [-0.05, 0) is 56.3 Å². The number of anilines is 1. The summed E-state index contributed by atoms with van der Waals surface area (Å²) in [4.78, 5) is 41.8. The molecule has 4 fully saturated rings. The van der Waals surface area contributed by atoms with E-state index in [0.717, 1.165) is 31.2 Å². The molecule has 2 atom stereocenters. The molecule has 7 heterocycles. The first-order valence-corrected chi connectivity index (χ1v) is 18.1. The van der Waals surface area contributed by atoms with Crippen LogP contribution in [0.5, 0.6) is 6.01 Å². The van der Waals surface area contributed by atoms with Gasteiger partial charge >= 0.3 is 6.01 Å². The molecule has 0 bridgehead atoms. The molecule has 0 N–H and O–H groups in total. The fourth-order valence-electron chi connectivity index (χ4n) is 8.78. The van der Waals surface area contributed by atoms with E-state index in [0.29, 0.717) is 77.8 Å². The first kappa shape index (κ1) is 33.1. The van der Waals surface area contributed by atoms with Crippen LogP contribution in [0, 0.1) is 18.2 Å². The Labute approximate surface area is 304 Å². The number of likely N-dealkylation sites (tertiary alicyclic amines) is 1. The smallest absolute Gasteiger partial charge is 0.319 e. The minimum absolute atomic E-state index is 0.0505. The molecule has 1 amide bonds. The number of benzene rings is 2. The van der Waals surface area contributed by atoms with E-state index in [-0.39, 0.29) is 35.2 Å². The quantitative estimate of drug-likeness (QED) is 0.176. The lowest BCUT2D eigenvalue weighted by atomic mass is 9.79. The summed E-state index contributed by atoms with van der Waals surface area (Å²) in [7, 11) is 0. The standard InChI is InChI=1S/C39H37ClF2N8O2/c1-24-43-14-11-27(45-24)9-10-31(51)49-21-38(22-49)13-16-48(20-38)36-29-18-44-34(28-7-2-5-25-6-3-8-30(40)32(25)28)33(42)35(29)46-37(47-36)52-23-39-12-4-15-50(39)19-26(41)17-39/h2-3,5-11,14,18,26H,4,12-13,15-17,19-23H2,1H3/b10-9+/t26-,39+/m1/s1. The number of hydrogen-bond donors (Lipinski definition) is 0. The summed E-state index contributed by atoms with van der Waals surface area (Å²) in [6, 6.07) is 13.0. The van der Waals surface area contributed by atoms with Gasteiger partial charge in [-0.25, -0.2) is 18.7 Å². The maximum absolute atomic E-state index is 16.9. The molecular weight excluding hydrogens is 686 g/mol. The lowest BCUT2D eigenvalue weighted by Gasteiger charge is -2.47. The van der Waals surface area contributed by atoms with E-state index in [2.05, 4.69) is 29.7 Å². The van der Waals surface area contributed by atoms with Crippen LogP contribution >= 0.6 is 11.6 Å². The van der Waals surface area contributed by atoms with E-state index < -0.39 is 17.5 Å². The predicted molar refractivity (Wildman–Crippen MR) is 195 cm³/mol. The van der Waals surface area contributed by atoms with Crippen molar-refractivity contribution in [1.29, 1.82) is 0 Å². The zero-order valence-electron chi connectivity index (χ0n) is 28.7. The Morgan fingerprint density at radius 2 is 1.90 bits per heavy atom. The Morgan fingerprint density at radius 3 is 2.75 bits per heavy atom. The number of aromatic nitrogens is 5. The molecule has 0 radical (unpaired) electrons. The van der Waals surface area contributed by atoms with Crippen molar-refractivity contribution in [1.82, 2.24) is 34.7 Å². The number of halogens is 3. The second kappa shape index (κ2) is 12.7. The highest BCUT2D eigenvalue weighted by Gasteiger charge is 2.51. The van der Waals surface area contributed by atoms with Crippen LogP contribution in [0.4, 0.5) is 14.6 Å². The highest BCUT2D eigenvalue weighted by molar-refractivity contribution is 6.36. The van der Waals surface area contributed by atoms with Gasteiger partial charge in [0.05, 0.1) is 16.6 Å². The van der Waals surface area contributed by atoms with Gasteiger partial charge in [0.25, 0.3) is 0 Å². The molecule has 9 rings (SSSR count). The van der Waals surface area contributed by atoms with E-state index in [1.165, 1.54) is 0 Å². The fourth-order valence-corrected chi connectivity index (χ4v) is 9.06. The van der Waals surface area contributed by atoms with Crippen molar-refractivity contribution >= 4 is 51.1 Å². The summed E-state index contributed by atoms with van der Waals surface area (Å²) < 4.78 is 37.8. The molecule has 2 aromatic carbocycles. The topological polar surface area (TPSA) is 100 Å². The van der Waals surface area contributed by atoms with Crippen molar-refractivity contribution < 1.29 is 18.3 Å². The van der Waals surface area contributed by atoms with E-state index in [1.807, 2.05) is 42.2 Å². The molecule has 52 heavy (non-hydrogen) atoms. The Bertz CT molecular complexity index is 2260. The van der Waals surface area contributed by atoms with E-state index in [4.69, 9.17) is 21.3 Å². The highest BCUT2D eigenvalue weighted by atomic mass is 35.5. The van der Waals surface area contributed by atoms with E-state index in [9.17, 15) is 9.18 Å². The number of ether oxygens (including phenoxy) is 1. The average molecular weight is 723 g/mol. The molecular formula is C39H37ClF2N8O2. The number of nitrogens with zero attached hydrogens (tertiary/aromatic N) is 8. The second-order valence-electron chi connectivity index (χ2n) is 14.7. The fraction of sp³-hybridized carbons (Fsp3) is 0.385. The van der Waals surface area contributed by atoms with Gasteiger partial charge in [-0.15, -0.1) is 0 Å². The first-order valence-electron chi connectivity index (χ1n) is 17.8. The molecule has 13 heteroatoms. The number of hydrogen-bond acceptors (Lipinski definition) is 9. The summed E-state index contributed by atoms with van der Waals surface area (Å²) in [5.41, 5.74) is 0.939. The molecule has 3 aromatic heterocycles. The van der Waals surface area contributed by atoms with Gasteiger partial charge in [0.15, 0.2) is 5.82 Å². The Kier molecular flexibility index (Phi) is 8.07. The molecule has 0 saturated carbocycles. The normalized spacial score (nSPS) is 22.6. The van der Waals surface area contributed by atoms with Gasteiger partial charge in [0.1, 0.15) is 35.6 Å². The van der Waals surface area contributed by atoms with E-state index in [1.54, 1.807) is 36.7 Å². The lowest BCUT2D eigenvalue weighted by Crippen LogP contribution is -2.59. The SMILES string of the molecule is Cc1nccc(/C=C/C(=O)N2CC3(CCN(c4nc(OC[C@@]56CCCN5C[C@H](F)C6)nc5c(F)c(-c6cccc7cccc(Cl)c67)ncc45)C3)C2)n1. The zero-order valence-corrected chi connectivity index (χ0v) is 29.5. The largest absolute Gasteiger partial charge is 0.461 e. The Hall–Kier alpha value is -4.81. The minimum atomic E-state index is -0.905. The minimum Gasteiger partial charge on any atom is -0.461 e. The Balaban J connectivity index is 1.03. The van der Waals surface area contributed by atoms with Crippen molar-refractivity contribution in [2.24, 2.45) is 5.41 Å². The molecule has 10 nitrogen and oxygen atoms in total. The van der Waals surface area contributed by atoms with E-state index >= 15 is 4.39 Å². The molecule has 4 aliphatic rings. The third kappa shape index (κ3) is 5.72. The van der Waals surface area contributed by atoms with Gasteiger partial charge < -0.3 is 14.5 Å². The molecule has 1 spiro atoms. The van der Waals surface area contributed by atoms with Crippen molar-refractivity contribution in [2.75, 3.05) is 50.8 Å². The van der Waals surface area contributed by atoms with Crippen LogP contribution in [0.25, 0.3) is 39.0 Å².